The van der Waals surface area contributed by atoms with E-state index in [1.807, 2.05) is 92.7 Å². The molecule has 218 valence electrons. The molecule has 0 spiro atoms. The van der Waals surface area contributed by atoms with Crippen molar-refractivity contribution in [3.8, 4) is 5.75 Å². The summed E-state index contributed by atoms with van der Waals surface area (Å²) in [5, 5.41) is 18.5. The summed E-state index contributed by atoms with van der Waals surface area (Å²) in [6.45, 7) is 3.87. The Hall–Kier alpha value is -4.37. The molecule has 0 saturated heterocycles. The van der Waals surface area contributed by atoms with Gasteiger partial charge in [0.25, 0.3) is 0 Å². The maximum Gasteiger partial charge on any atom is 0.408 e. The molecule has 0 aromatic heterocycles. The van der Waals surface area contributed by atoms with Gasteiger partial charge in [0.05, 0.1) is 0 Å². The SMILES string of the molecule is CC(C)C[C@H](NC(=O)OCc1ccccc1)C(=O)N[C@@H](Cc1ccccc1)C(=O)NCC(O)COc1ccccc1. The molecule has 0 aliphatic carbocycles. The number of carbonyl (C=O) groups excluding carboxylic acids is 3. The monoisotopic (exact) mass is 561 g/mol. The highest BCUT2D eigenvalue weighted by Crippen LogP contribution is 2.10. The predicted molar refractivity (Wildman–Crippen MR) is 156 cm³/mol. The molecule has 4 N–H and O–H groups in total. The van der Waals surface area contributed by atoms with Crippen molar-refractivity contribution < 1.29 is 29.0 Å². The molecule has 0 radical (unpaired) electrons. The molecule has 0 aliphatic heterocycles. The van der Waals surface area contributed by atoms with Gasteiger partial charge in [0, 0.05) is 13.0 Å². The lowest BCUT2D eigenvalue weighted by molar-refractivity contribution is -0.130. The number of aliphatic hydroxyl groups is 1. The maximum atomic E-state index is 13.4. The van der Waals surface area contributed by atoms with Crippen LogP contribution in [0.1, 0.15) is 31.4 Å². The van der Waals surface area contributed by atoms with Gasteiger partial charge in [0.1, 0.15) is 37.2 Å². The Morgan fingerprint density at radius 3 is 1.95 bits per heavy atom. The molecule has 9 nitrogen and oxygen atoms in total. The molecular formula is C32H39N3O6. The van der Waals surface area contributed by atoms with Crippen molar-refractivity contribution >= 4 is 17.9 Å². The molecule has 9 heteroatoms. The van der Waals surface area contributed by atoms with Gasteiger partial charge in [0.2, 0.25) is 11.8 Å². The van der Waals surface area contributed by atoms with Gasteiger partial charge in [-0.15, -0.1) is 0 Å². The number of ether oxygens (including phenoxy) is 2. The van der Waals surface area contributed by atoms with E-state index in [9.17, 15) is 19.5 Å². The minimum atomic E-state index is -0.957. The molecule has 3 amide bonds. The van der Waals surface area contributed by atoms with Gasteiger partial charge in [-0.05, 0) is 35.6 Å². The molecule has 3 atom stereocenters. The normalized spacial score (nSPS) is 13.0. The van der Waals surface area contributed by atoms with Crippen LogP contribution in [0, 0.1) is 5.92 Å². The fourth-order valence-electron chi connectivity index (χ4n) is 4.05. The van der Waals surface area contributed by atoms with Gasteiger partial charge in [-0.25, -0.2) is 4.79 Å². The van der Waals surface area contributed by atoms with Crippen LogP contribution in [-0.4, -0.2) is 54.4 Å². The number of carbonyl (C=O) groups is 3. The number of aliphatic hydroxyl groups excluding tert-OH is 1. The van der Waals surface area contributed by atoms with E-state index in [-0.39, 0.29) is 32.1 Å². The molecule has 3 rings (SSSR count). The second kappa shape index (κ2) is 16.7. The number of hydrogen-bond acceptors (Lipinski definition) is 6. The molecule has 41 heavy (non-hydrogen) atoms. The van der Waals surface area contributed by atoms with Crippen molar-refractivity contribution in [3.05, 3.63) is 102 Å². The number of benzene rings is 3. The Labute approximate surface area is 241 Å². The number of rotatable bonds is 15. The van der Waals surface area contributed by atoms with E-state index in [4.69, 9.17) is 9.47 Å². The highest BCUT2D eigenvalue weighted by atomic mass is 16.5. The second-order valence-corrected chi connectivity index (χ2v) is 10.2. The molecule has 0 aliphatic rings. The Bertz CT molecular complexity index is 1210. The van der Waals surface area contributed by atoms with Gasteiger partial charge < -0.3 is 30.5 Å². The van der Waals surface area contributed by atoms with E-state index >= 15 is 0 Å². The first-order valence-corrected chi connectivity index (χ1v) is 13.7. The molecule has 3 aromatic carbocycles. The van der Waals surface area contributed by atoms with Crippen LogP contribution in [0.25, 0.3) is 0 Å². The summed E-state index contributed by atoms with van der Waals surface area (Å²) in [5.41, 5.74) is 1.67. The van der Waals surface area contributed by atoms with Crippen molar-refractivity contribution in [1.29, 1.82) is 0 Å². The van der Waals surface area contributed by atoms with Crippen LogP contribution in [0.5, 0.6) is 5.75 Å². The summed E-state index contributed by atoms with van der Waals surface area (Å²) in [7, 11) is 0. The van der Waals surface area contributed by atoms with E-state index in [1.54, 1.807) is 12.1 Å². The smallest absolute Gasteiger partial charge is 0.408 e. The van der Waals surface area contributed by atoms with Crippen LogP contribution >= 0.6 is 0 Å². The van der Waals surface area contributed by atoms with Gasteiger partial charge in [-0.1, -0.05) is 92.7 Å². The highest BCUT2D eigenvalue weighted by molar-refractivity contribution is 5.91. The Morgan fingerprint density at radius 2 is 1.34 bits per heavy atom. The van der Waals surface area contributed by atoms with Gasteiger partial charge in [0.15, 0.2) is 0 Å². The van der Waals surface area contributed by atoms with Crippen molar-refractivity contribution in [2.75, 3.05) is 13.2 Å². The van der Waals surface area contributed by atoms with Gasteiger partial charge in [-0.3, -0.25) is 9.59 Å². The molecule has 0 heterocycles. The average molecular weight is 562 g/mol. The standard InChI is InChI=1S/C32H39N3O6/c1-23(2)18-28(35-32(39)41-21-25-14-8-4-9-15-25)31(38)34-29(19-24-12-6-3-7-13-24)30(37)33-20-26(36)22-40-27-16-10-5-11-17-27/h3-17,23,26,28-29,36H,18-22H2,1-2H3,(H,33,37)(H,34,38)(H,35,39)/t26?,28-,29-/m0/s1. The van der Waals surface area contributed by atoms with Crippen LogP contribution in [0.15, 0.2) is 91.0 Å². The van der Waals surface area contributed by atoms with Crippen molar-refractivity contribution in [2.45, 2.75) is 51.5 Å². The summed E-state index contributed by atoms with van der Waals surface area (Å²) < 4.78 is 10.9. The lowest BCUT2D eigenvalue weighted by atomic mass is 10.0. The van der Waals surface area contributed by atoms with E-state index in [1.165, 1.54) is 0 Å². The number of hydrogen-bond donors (Lipinski definition) is 4. The first-order chi connectivity index (χ1) is 19.8. The minimum Gasteiger partial charge on any atom is -0.491 e. The van der Waals surface area contributed by atoms with E-state index in [2.05, 4.69) is 16.0 Å². The van der Waals surface area contributed by atoms with Crippen LogP contribution in [0.3, 0.4) is 0 Å². The number of alkyl carbamates (subject to hydrolysis) is 1. The summed E-state index contributed by atoms with van der Waals surface area (Å²) in [6, 6.07) is 25.7. The Morgan fingerprint density at radius 1 is 0.756 bits per heavy atom. The number of nitrogens with one attached hydrogen (secondary N) is 3. The Kier molecular flexibility index (Phi) is 12.7. The third kappa shape index (κ3) is 11.7. The summed E-state index contributed by atoms with van der Waals surface area (Å²) in [4.78, 5) is 39.1. The molecule has 3 aromatic rings. The average Bonchev–Trinajstić information content (AvgIpc) is 2.98. The fourth-order valence-corrected chi connectivity index (χ4v) is 4.05. The summed E-state index contributed by atoms with van der Waals surface area (Å²) >= 11 is 0. The first-order valence-electron chi connectivity index (χ1n) is 13.7. The molecule has 1 unspecified atom stereocenters. The maximum absolute atomic E-state index is 13.4. The summed E-state index contributed by atoms with van der Waals surface area (Å²) in [6.07, 6.45) is -1.11. The fraction of sp³-hybridized carbons (Fsp3) is 0.344. The van der Waals surface area contributed by atoms with Crippen LogP contribution in [0.4, 0.5) is 4.79 Å². The largest absolute Gasteiger partial charge is 0.491 e. The molecule has 0 saturated carbocycles. The second-order valence-electron chi connectivity index (χ2n) is 10.2. The van der Waals surface area contributed by atoms with Crippen molar-refractivity contribution in [3.63, 3.8) is 0 Å². The van der Waals surface area contributed by atoms with Crippen LogP contribution in [-0.2, 0) is 27.4 Å². The van der Waals surface area contributed by atoms with Crippen LogP contribution in [0.2, 0.25) is 0 Å². The van der Waals surface area contributed by atoms with Crippen molar-refractivity contribution in [2.24, 2.45) is 5.92 Å². The quantitative estimate of drug-likeness (QED) is 0.225. The third-order valence-corrected chi connectivity index (χ3v) is 6.14. The number of amides is 3. The zero-order valence-corrected chi connectivity index (χ0v) is 23.5. The van der Waals surface area contributed by atoms with E-state index < -0.39 is 36.1 Å². The minimum absolute atomic E-state index is 0.00845. The predicted octanol–water partition coefficient (Wildman–Crippen LogP) is 3.61. The van der Waals surface area contributed by atoms with E-state index in [0.29, 0.717) is 12.2 Å². The topological polar surface area (TPSA) is 126 Å². The van der Waals surface area contributed by atoms with E-state index in [0.717, 1.165) is 11.1 Å². The van der Waals surface area contributed by atoms with Gasteiger partial charge in [-0.2, -0.15) is 0 Å². The third-order valence-electron chi connectivity index (χ3n) is 6.14. The number of para-hydroxylation sites is 1. The zero-order valence-electron chi connectivity index (χ0n) is 23.5. The highest BCUT2D eigenvalue weighted by Gasteiger charge is 2.28. The summed E-state index contributed by atoms with van der Waals surface area (Å²) in [5.74, 6) is -0.269. The van der Waals surface area contributed by atoms with Crippen molar-refractivity contribution in [1.82, 2.24) is 16.0 Å². The van der Waals surface area contributed by atoms with Gasteiger partial charge >= 0.3 is 6.09 Å². The molecule has 0 fully saturated rings. The van der Waals surface area contributed by atoms with Crippen LogP contribution < -0.4 is 20.7 Å². The Balaban J connectivity index is 1.61. The molecule has 0 bridgehead atoms. The molecular weight excluding hydrogens is 522 g/mol. The first kappa shape index (κ1) is 31.2. The zero-order chi connectivity index (χ0) is 29.5. The lowest BCUT2D eigenvalue weighted by Gasteiger charge is -2.24. The lowest BCUT2D eigenvalue weighted by Crippen LogP contribution is -2.55.